The average molecular weight is 319 g/mol. The minimum atomic E-state index is -0.709. The van der Waals surface area contributed by atoms with E-state index in [2.05, 4.69) is 16.0 Å². The number of anilines is 1. The fourth-order valence-corrected chi connectivity index (χ4v) is 2.01. The molecule has 0 saturated carbocycles. The summed E-state index contributed by atoms with van der Waals surface area (Å²) in [6.45, 7) is 8.58. The molecule has 6 heteroatoms. The van der Waals surface area contributed by atoms with Gasteiger partial charge in [0.15, 0.2) is 0 Å². The van der Waals surface area contributed by atoms with Crippen molar-refractivity contribution in [2.24, 2.45) is 5.92 Å². The van der Waals surface area contributed by atoms with Gasteiger partial charge in [-0.05, 0) is 31.9 Å². The van der Waals surface area contributed by atoms with Crippen molar-refractivity contribution in [3.8, 4) is 0 Å². The number of aryl methyl sites for hydroxylation is 1. The molecule has 3 amide bonds. The summed E-state index contributed by atoms with van der Waals surface area (Å²) < 4.78 is 0. The van der Waals surface area contributed by atoms with Crippen molar-refractivity contribution in [2.45, 2.75) is 46.7 Å². The van der Waals surface area contributed by atoms with E-state index in [1.54, 1.807) is 19.1 Å². The lowest BCUT2D eigenvalue weighted by Gasteiger charge is -2.23. The van der Waals surface area contributed by atoms with Crippen LogP contribution in [0.4, 0.5) is 5.69 Å². The molecule has 1 rings (SSSR count). The van der Waals surface area contributed by atoms with Gasteiger partial charge < -0.3 is 16.0 Å². The normalized spacial score (nSPS) is 13.1. The van der Waals surface area contributed by atoms with Crippen LogP contribution in [0.5, 0.6) is 0 Å². The van der Waals surface area contributed by atoms with Gasteiger partial charge in [-0.25, -0.2) is 0 Å². The molecule has 0 aliphatic carbocycles. The lowest BCUT2D eigenvalue weighted by molar-refractivity contribution is -0.131. The first-order valence-corrected chi connectivity index (χ1v) is 7.65. The van der Waals surface area contributed by atoms with Gasteiger partial charge in [-0.1, -0.05) is 31.5 Å². The van der Waals surface area contributed by atoms with Gasteiger partial charge in [0.05, 0.1) is 0 Å². The van der Waals surface area contributed by atoms with Gasteiger partial charge in [0.2, 0.25) is 17.7 Å². The standard InChI is InChI=1S/C17H25N3O3/c1-10(2)15(19-13(5)21)17(23)18-12(4)16(22)20-14-8-6-11(3)7-9-14/h6-10,12,15H,1-5H3,(H,18,23)(H,19,21)(H,20,22)/t12-,15-/m0/s1. The Morgan fingerprint density at radius 2 is 1.48 bits per heavy atom. The van der Waals surface area contributed by atoms with E-state index in [0.717, 1.165) is 5.56 Å². The van der Waals surface area contributed by atoms with Gasteiger partial charge in [0.25, 0.3) is 0 Å². The van der Waals surface area contributed by atoms with Crippen LogP contribution in [0.1, 0.15) is 33.3 Å². The van der Waals surface area contributed by atoms with Gasteiger partial charge in [-0.3, -0.25) is 14.4 Å². The zero-order valence-electron chi connectivity index (χ0n) is 14.3. The van der Waals surface area contributed by atoms with Gasteiger partial charge in [0.1, 0.15) is 12.1 Å². The molecule has 6 nitrogen and oxygen atoms in total. The Morgan fingerprint density at radius 1 is 0.913 bits per heavy atom. The first kappa shape index (κ1) is 18.7. The Labute approximate surface area is 137 Å². The molecule has 0 saturated heterocycles. The Morgan fingerprint density at radius 3 is 1.96 bits per heavy atom. The van der Waals surface area contributed by atoms with E-state index in [1.165, 1.54) is 6.92 Å². The van der Waals surface area contributed by atoms with Gasteiger partial charge >= 0.3 is 0 Å². The second-order valence-electron chi connectivity index (χ2n) is 6.01. The molecule has 3 N–H and O–H groups in total. The summed E-state index contributed by atoms with van der Waals surface area (Å²) in [5.74, 6) is -1.05. The van der Waals surface area contributed by atoms with Crippen LogP contribution < -0.4 is 16.0 Å². The number of hydrogen-bond donors (Lipinski definition) is 3. The molecule has 0 aliphatic heterocycles. The molecule has 0 heterocycles. The molecular weight excluding hydrogens is 294 g/mol. The number of amides is 3. The third-order valence-electron chi connectivity index (χ3n) is 3.38. The van der Waals surface area contributed by atoms with Gasteiger partial charge in [0, 0.05) is 12.6 Å². The van der Waals surface area contributed by atoms with Crippen molar-refractivity contribution in [2.75, 3.05) is 5.32 Å². The summed E-state index contributed by atoms with van der Waals surface area (Å²) in [5.41, 5.74) is 1.77. The first-order valence-electron chi connectivity index (χ1n) is 7.65. The average Bonchev–Trinajstić information content (AvgIpc) is 2.46. The molecular formula is C17H25N3O3. The Balaban J connectivity index is 2.63. The maximum absolute atomic E-state index is 12.2. The number of nitrogens with one attached hydrogen (secondary N) is 3. The summed E-state index contributed by atoms with van der Waals surface area (Å²) in [6.07, 6.45) is 0. The first-order chi connectivity index (χ1) is 10.7. The van der Waals surface area contributed by atoms with E-state index in [9.17, 15) is 14.4 Å². The molecule has 1 aromatic rings. The van der Waals surface area contributed by atoms with Crippen LogP contribution in [-0.4, -0.2) is 29.8 Å². The molecule has 0 spiro atoms. The number of benzene rings is 1. The fraction of sp³-hybridized carbons (Fsp3) is 0.471. The molecule has 126 valence electrons. The van der Waals surface area contributed by atoms with E-state index in [1.807, 2.05) is 32.9 Å². The predicted octanol–water partition coefficient (Wildman–Crippen LogP) is 1.60. The highest BCUT2D eigenvalue weighted by Crippen LogP contribution is 2.09. The van der Waals surface area contributed by atoms with Crippen molar-refractivity contribution < 1.29 is 14.4 Å². The molecule has 0 aromatic heterocycles. The highest BCUT2D eigenvalue weighted by molar-refractivity contribution is 5.98. The summed E-state index contributed by atoms with van der Waals surface area (Å²) in [4.78, 5) is 35.5. The van der Waals surface area contributed by atoms with Crippen LogP contribution in [0.25, 0.3) is 0 Å². The predicted molar refractivity (Wildman–Crippen MR) is 89.9 cm³/mol. The molecule has 2 atom stereocenters. The molecule has 0 unspecified atom stereocenters. The van der Waals surface area contributed by atoms with Crippen molar-refractivity contribution in [1.82, 2.24) is 10.6 Å². The SMILES string of the molecule is CC(=O)N[C@H](C(=O)N[C@@H](C)C(=O)Nc1ccc(C)cc1)C(C)C. The summed E-state index contributed by atoms with van der Waals surface area (Å²) in [7, 11) is 0. The monoisotopic (exact) mass is 319 g/mol. The zero-order chi connectivity index (χ0) is 17.6. The second-order valence-corrected chi connectivity index (χ2v) is 6.01. The van der Waals surface area contributed by atoms with Gasteiger partial charge in [-0.15, -0.1) is 0 Å². The lowest BCUT2D eigenvalue weighted by Crippen LogP contribution is -2.53. The Hall–Kier alpha value is -2.37. The second kappa shape index (κ2) is 8.31. The number of carbonyl (C=O) groups excluding carboxylic acids is 3. The summed E-state index contributed by atoms with van der Waals surface area (Å²) >= 11 is 0. The van der Waals surface area contributed by atoms with Crippen molar-refractivity contribution in [3.05, 3.63) is 29.8 Å². The Kier molecular flexibility index (Phi) is 6.75. The van der Waals surface area contributed by atoms with Crippen molar-refractivity contribution >= 4 is 23.4 Å². The fourth-order valence-electron chi connectivity index (χ4n) is 2.01. The summed E-state index contributed by atoms with van der Waals surface area (Å²) in [5, 5.41) is 7.97. The summed E-state index contributed by atoms with van der Waals surface area (Å²) in [6, 6.07) is 6.02. The van der Waals surface area contributed by atoms with E-state index in [-0.39, 0.29) is 23.6 Å². The lowest BCUT2D eigenvalue weighted by atomic mass is 10.0. The van der Waals surface area contributed by atoms with E-state index >= 15 is 0 Å². The van der Waals surface area contributed by atoms with Crippen LogP contribution in [-0.2, 0) is 14.4 Å². The largest absolute Gasteiger partial charge is 0.344 e. The van der Waals surface area contributed by atoms with Crippen LogP contribution in [0.3, 0.4) is 0 Å². The number of rotatable bonds is 6. The number of hydrogen-bond acceptors (Lipinski definition) is 3. The maximum atomic E-state index is 12.2. The Bertz CT molecular complexity index is 567. The van der Waals surface area contributed by atoms with Crippen LogP contribution in [0.2, 0.25) is 0 Å². The third-order valence-corrected chi connectivity index (χ3v) is 3.38. The van der Waals surface area contributed by atoms with E-state index in [0.29, 0.717) is 5.69 Å². The van der Waals surface area contributed by atoms with Crippen molar-refractivity contribution in [1.29, 1.82) is 0 Å². The minimum Gasteiger partial charge on any atom is -0.344 e. The molecule has 0 radical (unpaired) electrons. The third kappa shape index (κ3) is 6.10. The smallest absolute Gasteiger partial charge is 0.246 e. The van der Waals surface area contributed by atoms with Crippen molar-refractivity contribution in [3.63, 3.8) is 0 Å². The highest BCUT2D eigenvalue weighted by Gasteiger charge is 2.26. The minimum absolute atomic E-state index is 0.0775. The van der Waals surface area contributed by atoms with Crippen LogP contribution in [0, 0.1) is 12.8 Å². The van der Waals surface area contributed by atoms with E-state index in [4.69, 9.17) is 0 Å². The highest BCUT2D eigenvalue weighted by atomic mass is 16.2. The molecule has 0 aliphatic rings. The molecule has 0 bridgehead atoms. The maximum Gasteiger partial charge on any atom is 0.246 e. The van der Waals surface area contributed by atoms with Gasteiger partial charge in [-0.2, -0.15) is 0 Å². The van der Waals surface area contributed by atoms with Crippen LogP contribution in [0.15, 0.2) is 24.3 Å². The molecule has 0 fully saturated rings. The molecule has 1 aromatic carbocycles. The quantitative estimate of drug-likeness (QED) is 0.744. The van der Waals surface area contributed by atoms with Crippen LogP contribution >= 0.6 is 0 Å². The number of carbonyl (C=O) groups is 3. The van der Waals surface area contributed by atoms with E-state index < -0.39 is 12.1 Å². The topological polar surface area (TPSA) is 87.3 Å². The molecule has 23 heavy (non-hydrogen) atoms. The zero-order valence-corrected chi connectivity index (χ0v) is 14.3.